The average molecular weight is 318 g/mol. The Hall–Kier alpha value is -2.95. The van der Waals surface area contributed by atoms with Crippen molar-refractivity contribution in [1.82, 2.24) is 19.9 Å². The molecule has 0 fully saturated rings. The number of nitrogens with zero attached hydrogens (tertiary/aromatic N) is 3. The number of hydrogen-bond acceptors (Lipinski definition) is 3. The predicted octanol–water partition coefficient (Wildman–Crippen LogP) is 2.82. The fourth-order valence-electron chi connectivity index (χ4n) is 3.13. The van der Waals surface area contributed by atoms with Crippen LogP contribution in [0.25, 0.3) is 16.6 Å². The quantitative estimate of drug-likeness (QED) is 0.808. The topological polar surface area (TPSA) is 61.9 Å². The molecule has 1 amide bonds. The van der Waals surface area contributed by atoms with Gasteiger partial charge in [-0.3, -0.25) is 14.8 Å². The van der Waals surface area contributed by atoms with Gasteiger partial charge in [-0.05, 0) is 41.8 Å². The van der Waals surface area contributed by atoms with Crippen molar-refractivity contribution in [3.8, 4) is 0 Å². The first-order chi connectivity index (χ1) is 11.8. The largest absolute Gasteiger partial charge is 0.359 e. The first-order valence-corrected chi connectivity index (χ1v) is 8.09. The van der Waals surface area contributed by atoms with E-state index in [1.807, 2.05) is 41.6 Å². The summed E-state index contributed by atoms with van der Waals surface area (Å²) in [5.41, 5.74) is 5.45. The second kappa shape index (κ2) is 6.28. The fourth-order valence-corrected chi connectivity index (χ4v) is 3.13. The Morgan fingerprint density at radius 3 is 2.88 bits per heavy atom. The van der Waals surface area contributed by atoms with Gasteiger partial charge in [0, 0.05) is 43.4 Å². The molecule has 0 radical (unpaired) electrons. The van der Waals surface area contributed by atoms with Crippen LogP contribution in [0.2, 0.25) is 0 Å². The second-order valence-corrected chi connectivity index (χ2v) is 5.95. The van der Waals surface area contributed by atoms with Crippen molar-refractivity contribution >= 4 is 22.5 Å². The molecule has 0 bridgehead atoms. The monoisotopic (exact) mass is 318 g/mol. The molecule has 3 aromatic rings. The van der Waals surface area contributed by atoms with E-state index >= 15 is 0 Å². The number of pyridine rings is 2. The molecule has 120 valence electrons. The normalized spacial score (nSPS) is 14.7. The number of carbonyl (C=O) groups is 1. The molecule has 0 unspecified atom stereocenters. The summed E-state index contributed by atoms with van der Waals surface area (Å²) in [6.07, 6.45) is 10.7. The van der Waals surface area contributed by atoms with Crippen LogP contribution in [0, 0.1) is 0 Å². The van der Waals surface area contributed by atoms with Gasteiger partial charge < -0.3 is 9.88 Å². The van der Waals surface area contributed by atoms with Crippen molar-refractivity contribution in [2.45, 2.75) is 12.8 Å². The van der Waals surface area contributed by atoms with E-state index in [1.165, 1.54) is 5.57 Å². The summed E-state index contributed by atoms with van der Waals surface area (Å²) in [6, 6.07) is 7.73. The maximum absolute atomic E-state index is 12.4. The zero-order valence-corrected chi connectivity index (χ0v) is 13.3. The van der Waals surface area contributed by atoms with E-state index in [4.69, 9.17) is 0 Å². The molecule has 1 aliphatic rings. The lowest BCUT2D eigenvalue weighted by Gasteiger charge is -2.26. The molecule has 4 heterocycles. The van der Waals surface area contributed by atoms with E-state index in [2.05, 4.69) is 21.0 Å². The van der Waals surface area contributed by atoms with Gasteiger partial charge in [0.15, 0.2) is 0 Å². The summed E-state index contributed by atoms with van der Waals surface area (Å²) in [6.45, 7) is 1.40. The number of amides is 1. The third-order valence-corrected chi connectivity index (χ3v) is 4.45. The molecule has 0 atom stereocenters. The maximum Gasteiger partial charge on any atom is 0.227 e. The van der Waals surface area contributed by atoms with Crippen molar-refractivity contribution in [1.29, 1.82) is 0 Å². The van der Waals surface area contributed by atoms with Crippen LogP contribution < -0.4 is 0 Å². The third-order valence-electron chi connectivity index (χ3n) is 4.45. The Morgan fingerprint density at radius 1 is 1.21 bits per heavy atom. The van der Waals surface area contributed by atoms with Crippen molar-refractivity contribution in [2.75, 3.05) is 13.1 Å². The summed E-state index contributed by atoms with van der Waals surface area (Å²) >= 11 is 0. The number of hydrogen-bond donors (Lipinski definition) is 1. The molecule has 0 aromatic carbocycles. The van der Waals surface area contributed by atoms with Crippen LogP contribution in [0.15, 0.2) is 55.1 Å². The second-order valence-electron chi connectivity index (χ2n) is 5.95. The van der Waals surface area contributed by atoms with E-state index in [0.29, 0.717) is 13.0 Å². The summed E-state index contributed by atoms with van der Waals surface area (Å²) in [4.78, 5) is 26.1. The van der Waals surface area contributed by atoms with Gasteiger partial charge in [-0.1, -0.05) is 6.08 Å². The molecule has 3 aromatic heterocycles. The highest BCUT2D eigenvalue weighted by atomic mass is 16.2. The molecule has 1 N–H and O–H groups in total. The maximum atomic E-state index is 12.4. The SMILES string of the molecule is O=C(Cc1ccncc1)N1CC=C(c2c[nH]c3cccnc23)CC1. The zero-order chi connectivity index (χ0) is 16.4. The summed E-state index contributed by atoms with van der Waals surface area (Å²) < 4.78 is 0. The Labute approximate surface area is 140 Å². The first-order valence-electron chi connectivity index (χ1n) is 8.09. The highest BCUT2D eigenvalue weighted by molar-refractivity contribution is 5.90. The fraction of sp³-hybridized carbons (Fsp3) is 0.211. The van der Waals surface area contributed by atoms with E-state index in [9.17, 15) is 4.79 Å². The van der Waals surface area contributed by atoms with Crippen LogP contribution in [0.5, 0.6) is 0 Å². The molecule has 1 aliphatic heterocycles. The van der Waals surface area contributed by atoms with Gasteiger partial charge in [0.25, 0.3) is 0 Å². The van der Waals surface area contributed by atoms with Crippen LogP contribution in [0.3, 0.4) is 0 Å². The summed E-state index contributed by atoms with van der Waals surface area (Å²) in [7, 11) is 0. The minimum Gasteiger partial charge on any atom is -0.359 e. The van der Waals surface area contributed by atoms with Gasteiger partial charge in [0.1, 0.15) is 0 Å². The number of aromatic amines is 1. The predicted molar refractivity (Wildman–Crippen MR) is 93.2 cm³/mol. The summed E-state index contributed by atoms with van der Waals surface area (Å²) in [5.74, 6) is 0.161. The smallest absolute Gasteiger partial charge is 0.227 e. The van der Waals surface area contributed by atoms with Crippen LogP contribution in [-0.2, 0) is 11.2 Å². The third kappa shape index (κ3) is 2.80. The Morgan fingerprint density at radius 2 is 2.08 bits per heavy atom. The molecule has 0 spiro atoms. The van der Waals surface area contributed by atoms with Crippen LogP contribution in [0.1, 0.15) is 17.5 Å². The molecular formula is C19H18N4O. The van der Waals surface area contributed by atoms with Crippen molar-refractivity contribution in [3.63, 3.8) is 0 Å². The molecule has 24 heavy (non-hydrogen) atoms. The number of H-pyrrole nitrogens is 1. The van der Waals surface area contributed by atoms with Crippen LogP contribution in [-0.4, -0.2) is 38.8 Å². The minimum absolute atomic E-state index is 0.161. The van der Waals surface area contributed by atoms with Crippen molar-refractivity contribution in [2.24, 2.45) is 0 Å². The lowest BCUT2D eigenvalue weighted by atomic mass is 10.0. The number of nitrogens with one attached hydrogen (secondary N) is 1. The van der Waals surface area contributed by atoms with E-state index in [0.717, 1.165) is 35.1 Å². The Kier molecular flexibility index (Phi) is 3.83. The molecule has 0 saturated heterocycles. The van der Waals surface area contributed by atoms with Crippen LogP contribution in [0.4, 0.5) is 0 Å². The Bertz CT molecular complexity index is 898. The highest BCUT2D eigenvalue weighted by Gasteiger charge is 2.19. The van der Waals surface area contributed by atoms with Crippen LogP contribution >= 0.6 is 0 Å². The van der Waals surface area contributed by atoms with E-state index in [-0.39, 0.29) is 5.91 Å². The standard InChI is InChI=1S/C19H18N4O/c24-18(12-14-3-8-20-9-4-14)23-10-5-15(6-11-23)16-13-22-17-2-1-7-21-19(16)17/h1-5,7-9,13,22H,6,10-12H2. The lowest BCUT2D eigenvalue weighted by molar-refractivity contribution is -0.130. The number of fused-ring (bicyclic) bond motifs is 1. The van der Waals surface area contributed by atoms with Crippen molar-refractivity contribution in [3.05, 3.63) is 66.3 Å². The molecule has 4 rings (SSSR count). The van der Waals surface area contributed by atoms with Gasteiger partial charge in [-0.15, -0.1) is 0 Å². The van der Waals surface area contributed by atoms with Gasteiger partial charge in [0.05, 0.1) is 17.5 Å². The molecular weight excluding hydrogens is 300 g/mol. The van der Waals surface area contributed by atoms with Gasteiger partial charge in [-0.2, -0.15) is 0 Å². The van der Waals surface area contributed by atoms with Gasteiger partial charge in [0.2, 0.25) is 5.91 Å². The lowest BCUT2D eigenvalue weighted by Crippen LogP contribution is -2.35. The molecule has 0 aliphatic carbocycles. The molecule has 0 saturated carbocycles. The highest BCUT2D eigenvalue weighted by Crippen LogP contribution is 2.27. The molecule has 5 nitrogen and oxygen atoms in total. The zero-order valence-electron chi connectivity index (χ0n) is 13.3. The number of rotatable bonds is 3. The van der Waals surface area contributed by atoms with E-state index in [1.54, 1.807) is 12.4 Å². The van der Waals surface area contributed by atoms with Gasteiger partial charge in [-0.25, -0.2) is 0 Å². The average Bonchev–Trinajstić information content (AvgIpc) is 3.07. The number of aromatic nitrogens is 3. The first kappa shape index (κ1) is 14.6. The Balaban J connectivity index is 1.48. The number of carbonyl (C=O) groups excluding carboxylic acids is 1. The van der Waals surface area contributed by atoms with Crippen molar-refractivity contribution < 1.29 is 4.79 Å². The summed E-state index contributed by atoms with van der Waals surface area (Å²) in [5, 5.41) is 0. The van der Waals surface area contributed by atoms with E-state index < -0.39 is 0 Å². The molecule has 5 heteroatoms. The minimum atomic E-state index is 0.161. The van der Waals surface area contributed by atoms with Gasteiger partial charge >= 0.3 is 0 Å².